The van der Waals surface area contributed by atoms with Crippen LogP contribution in [0.3, 0.4) is 0 Å². The molecule has 0 saturated carbocycles. The summed E-state index contributed by atoms with van der Waals surface area (Å²) in [6.07, 6.45) is 3.63. The number of amides is 1. The van der Waals surface area contributed by atoms with Crippen LogP contribution in [0.2, 0.25) is 0 Å². The number of aromatic nitrogens is 1. The largest absolute Gasteiger partial charge is 0.361 e. The van der Waals surface area contributed by atoms with Gasteiger partial charge in [-0.05, 0) is 48.7 Å². The third kappa shape index (κ3) is 3.68. The van der Waals surface area contributed by atoms with Crippen molar-refractivity contribution >= 4 is 38.2 Å². The summed E-state index contributed by atoms with van der Waals surface area (Å²) in [5, 5.41) is 4.01. The van der Waals surface area contributed by atoms with Gasteiger partial charge < -0.3 is 10.3 Å². The molecule has 0 atom stereocenters. The molecule has 140 valence electrons. The fraction of sp³-hybridized carbons (Fsp3) is 0.250. The zero-order chi connectivity index (χ0) is 18.9. The molecule has 0 unspecified atom stereocenters. The van der Waals surface area contributed by atoms with Crippen molar-refractivity contribution in [2.24, 2.45) is 0 Å². The lowest BCUT2D eigenvalue weighted by Crippen LogP contribution is -2.25. The molecule has 0 aliphatic carbocycles. The van der Waals surface area contributed by atoms with E-state index in [1.807, 2.05) is 30.5 Å². The van der Waals surface area contributed by atoms with Crippen LogP contribution in [0.4, 0.5) is 11.4 Å². The number of nitrogens with zero attached hydrogens (tertiary/aromatic N) is 1. The molecule has 6 nitrogen and oxygen atoms in total. The average Bonchev–Trinajstić information content (AvgIpc) is 3.23. The number of hydrogen-bond acceptors (Lipinski definition) is 3. The molecule has 0 bridgehead atoms. The predicted molar refractivity (Wildman–Crippen MR) is 107 cm³/mol. The maximum Gasteiger partial charge on any atom is 0.235 e. The Morgan fingerprint density at radius 2 is 1.89 bits per heavy atom. The van der Waals surface area contributed by atoms with Crippen LogP contribution in [-0.2, 0) is 21.2 Å². The number of carbonyl (C=O) groups excluding carboxylic acids is 1. The summed E-state index contributed by atoms with van der Waals surface area (Å²) in [5.74, 6) is 0.126. The summed E-state index contributed by atoms with van der Waals surface area (Å²) in [5.41, 5.74) is 3.50. The number of rotatable bonds is 5. The van der Waals surface area contributed by atoms with E-state index >= 15 is 0 Å². The minimum Gasteiger partial charge on any atom is -0.361 e. The van der Waals surface area contributed by atoms with Gasteiger partial charge in [0.15, 0.2) is 0 Å². The normalized spacial score (nSPS) is 15.9. The number of sulfonamides is 1. The van der Waals surface area contributed by atoms with Gasteiger partial charge >= 0.3 is 0 Å². The first-order chi connectivity index (χ1) is 13.0. The van der Waals surface area contributed by atoms with Crippen LogP contribution in [0.25, 0.3) is 10.9 Å². The number of anilines is 2. The van der Waals surface area contributed by atoms with Crippen molar-refractivity contribution in [2.45, 2.75) is 19.3 Å². The number of nitrogens with one attached hydrogen (secondary N) is 2. The van der Waals surface area contributed by atoms with Crippen molar-refractivity contribution in [1.29, 1.82) is 0 Å². The number of aromatic amines is 1. The van der Waals surface area contributed by atoms with Crippen LogP contribution in [0.1, 0.15) is 18.4 Å². The number of benzene rings is 2. The Labute approximate surface area is 158 Å². The molecule has 1 aliphatic heterocycles. The topological polar surface area (TPSA) is 82.3 Å². The quantitative estimate of drug-likeness (QED) is 0.709. The van der Waals surface area contributed by atoms with Crippen LogP contribution in [-0.4, -0.2) is 31.6 Å². The Kier molecular flexibility index (Phi) is 4.61. The number of fused-ring (bicyclic) bond motifs is 1. The molecule has 1 saturated heterocycles. The Bertz CT molecular complexity index is 1070. The van der Waals surface area contributed by atoms with E-state index in [9.17, 15) is 13.2 Å². The second-order valence-corrected chi connectivity index (χ2v) is 8.71. The van der Waals surface area contributed by atoms with Gasteiger partial charge in [-0.1, -0.05) is 18.2 Å². The number of hydrogen-bond donors (Lipinski definition) is 2. The third-order valence-electron chi connectivity index (χ3n) is 4.83. The van der Waals surface area contributed by atoms with Crippen LogP contribution in [0, 0.1) is 0 Å². The van der Waals surface area contributed by atoms with Crippen molar-refractivity contribution < 1.29 is 13.2 Å². The average molecular weight is 383 g/mol. The fourth-order valence-electron chi connectivity index (χ4n) is 3.45. The van der Waals surface area contributed by atoms with Gasteiger partial charge in [-0.15, -0.1) is 0 Å². The molecular formula is C20H21N3O3S. The monoisotopic (exact) mass is 383 g/mol. The van der Waals surface area contributed by atoms with Crippen LogP contribution in [0.15, 0.2) is 54.7 Å². The standard InChI is InChI=1S/C20H21N3O3S/c24-20(11-6-15-14-21-19-5-2-1-4-18(15)19)22-16-7-9-17(10-8-16)23-12-3-13-27(23,25)26/h1-2,4-5,7-10,14,21H,3,6,11-13H2,(H,22,24). The maximum atomic E-state index is 12.3. The molecule has 1 aliphatic rings. The molecule has 7 heteroatoms. The van der Waals surface area contributed by atoms with Gasteiger partial charge in [-0.3, -0.25) is 9.10 Å². The maximum absolute atomic E-state index is 12.3. The predicted octanol–water partition coefficient (Wildman–Crippen LogP) is 3.28. The lowest BCUT2D eigenvalue weighted by molar-refractivity contribution is -0.116. The zero-order valence-electron chi connectivity index (χ0n) is 14.8. The van der Waals surface area contributed by atoms with Crippen molar-refractivity contribution in [3.05, 3.63) is 60.3 Å². The molecule has 3 aromatic rings. The minimum atomic E-state index is -3.18. The van der Waals surface area contributed by atoms with E-state index in [0.29, 0.717) is 37.2 Å². The molecular weight excluding hydrogens is 362 g/mol. The van der Waals surface area contributed by atoms with Crippen molar-refractivity contribution in [3.63, 3.8) is 0 Å². The Hall–Kier alpha value is -2.80. The molecule has 1 fully saturated rings. The van der Waals surface area contributed by atoms with Gasteiger partial charge in [-0.2, -0.15) is 0 Å². The van der Waals surface area contributed by atoms with Gasteiger partial charge in [0.2, 0.25) is 15.9 Å². The molecule has 2 aromatic carbocycles. The Balaban J connectivity index is 1.37. The van der Waals surface area contributed by atoms with E-state index in [1.165, 1.54) is 4.31 Å². The smallest absolute Gasteiger partial charge is 0.235 e. The molecule has 1 aromatic heterocycles. The fourth-order valence-corrected chi connectivity index (χ4v) is 5.02. The summed E-state index contributed by atoms with van der Waals surface area (Å²) in [7, 11) is -3.18. The van der Waals surface area contributed by atoms with E-state index in [-0.39, 0.29) is 11.7 Å². The Morgan fingerprint density at radius 3 is 2.63 bits per heavy atom. The number of aryl methyl sites for hydroxylation is 1. The minimum absolute atomic E-state index is 0.0678. The van der Waals surface area contributed by atoms with E-state index in [2.05, 4.69) is 10.3 Å². The summed E-state index contributed by atoms with van der Waals surface area (Å²) >= 11 is 0. The van der Waals surface area contributed by atoms with Gasteiger partial charge in [0, 0.05) is 35.8 Å². The number of para-hydroxylation sites is 1. The molecule has 2 heterocycles. The van der Waals surface area contributed by atoms with Gasteiger partial charge in [0.25, 0.3) is 0 Å². The first-order valence-electron chi connectivity index (χ1n) is 8.98. The van der Waals surface area contributed by atoms with Crippen LogP contribution in [0.5, 0.6) is 0 Å². The molecule has 2 N–H and O–H groups in total. The third-order valence-corrected chi connectivity index (χ3v) is 6.70. The Morgan fingerprint density at radius 1 is 1.11 bits per heavy atom. The molecule has 0 radical (unpaired) electrons. The summed E-state index contributed by atoms with van der Waals surface area (Å²) in [4.78, 5) is 15.5. The highest BCUT2D eigenvalue weighted by molar-refractivity contribution is 7.93. The van der Waals surface area contributed by atoms with Crippen molar-refractivity contribution in [1.82, 2.24) is 4.98 Å². The second kappa shape index (κ2) is 7.08. The van der Waals surface area contributed by atoms with E-state index in [0.717, 1.165) is 16.5 Å². The number of H-pyrrole nitrogens is 1. The van der Waals surface area contributed by atoms with E-state index in [4.69, 9.17) is 0 Å². The highest BCUT2D eigenvalue weighted by atomic mass is 32.2. The van der Waals surface area contributed by atoms with Gasteiger partial charge in [0.1, 0.15) is 0 Å². The highest BCUT2D eigenvalue weighted by Crippen LogP contribution is 2.25. The molecule has 27 heavy (non-hydrogen) atoms. The summed E-state index contributed by atoms with van der Waals surface area (Å²) in [6.45, 7) is 0.513. The van der Waals surface area contributed by atoms with Crippen LogP contribution >= 0.6 is 0 Å². The van der Waals surface area contributed by atoms with Crippen molar-refractivity contribution in [2.75, 3.05) is 21.9 Å². The van der Waals surface area contributed by atoms with Crippen LogP contribution < -0.4 is 9.62 Å². The lowest BCUT2D eigenvalue weighted by Gasteiger charge is -2.17. The summed E-state index contributed by atoms with van der Waals surface area (Å²) < 4.78 is 25.4. The zero-order valence-corrected chi connectivity index (χ0v) is 15.6. The molecule has 0 spiro atoms. The first-order valence-corrected chi connectivity index (χ1v) is 10.6. The molecule has 1 amide bonds. The van der Waals surface area contributed by atoms with E-state index in [1.54, 1.807) is 24.3 Å². The van der Waals surface area contributed by atoms with Crippen molar-refractivity contribution in [3.8, 4) is 0 Å². The second-order valence-electron chi connectivity index (χ2n) is 6.70. The van der Waals surface area contributed by atoms with Gasteiger partial charge in [-0.25, -0.2) is 8.42 Å². The summed E-state index contributed by atoms with van der Waals surface area (Å²) in [6, 6.07) is 15.0. The molecule has 4 rings (SSSR count). The number of carbonyl (C=O) groups is 1. The first kappa shape index (κ1) is 17.6. The van der Waals surface area contributed by atoms with Gasteiger partial charge in [0.05, 0.1) is 11.4 Å². The van der Waals surface area contributed by atoms with E-state index < -0.39 is 10.0 Å². The highest BCUT2D eigenvalue weighted by Gasteiger charge is 2.28. The lowest BCUT2D eigenvalue weighted by atomic mass is 10.1. The SMILES string of the molecule is O=C(CCc1c[nH]c2ccccc12)Nc1ccc(N2CCCS2(=O)=O)cc1.